The summed E-state index contributed by atoms with van der Waals surface area (Å²) in [6.45, 7) is 0.159. The molecule has 1 atom stereocenters. The van der Waals surface area contributed by atoms with Crippen LogP contribution in [-0.4, -0.2) is 25.9 Å². The predicted octanol–water partition coefficient (Wildman–Crippen LogP) is 1.90. The molecule has 0 amide bonds. The zero-order chi connectivity index (χ0) is 12.0. The summed E-state index contributed by atoms with van der Waals surface area (Å²) in [6, 6.07) is 5.46. The number of aliphatic hydroxyl groups excluding tert-OH is 1. The maximum atomic E-state index is 8.76. The average Bonchev–Trinajstić information content (AvgIpc) is 2.34. The van der Waals surface area contributed by atoms with Crippen LogP contribution in [0.15, 0.2) is 18.2 Å². The molecule has 0 unspecified atom stereocenters. The summed E-state index contributed by atoms with van der Waals surface area (Å²) in [5, 5.41) is 8.76. The lowest BCUT2D eigenvalue weighted by molar-refractivity contribution is 0.279. The molecule has 1 aromatic carbocycles. The standard InChI is InChI=1S/C12H19NO3.ClH/c1-15-9-5-6-10(12(8-9)16-2)11(13)4-3-7-14;/h5-6,8,11,14H,3-4,7,13H2,1-2H3;1H/t11-;/m0./s1. The SMILES string of the molecule is COc1ccc([C@@H](N)CCCO)c(OC)c1.Cl. The largest absolute Gasteiger partial charge is 0.497 e. The van der Waals surface area contributed by atoms with Gasteiger partial charge in [-0.1, -0.05) is 6.07 Å². The van der Waals surface area contributed by atoms with Crippen LogP contribution in [0.5, 0.6) is 11.5 Å². The highest BCUT2D eigenvalue weighted by atomic mass is 35.5. The molecule has 3 N–H and O–H groups in total. The Morgan fingerprint density at radius 2 is 2.00 bits per heavy atom. The van der Waals surface area contributed by atoms with Crippen LogP contribution in [0.1, 0.15) is 24.4 Å². The van der Waals surface area contributed by atoms with Crippen molar-refractivity contribution < 1.29 is 14.6 Å². The fourth-order valence-corrected chi connectivity index (χ4v) is 1.59. The molecule has 0 radical (unpaired) electrons. The Morgan fingerprint density at radius 3 is 2.53 bits per heavy atom. The fourth-order valence-electron chi connectivity index (χ4n) is 1.59. The van der Waals surface area contributed by atoms with E-state index in [-0.39, 0.29) is 25.1 Å². The number of rotatable bonds is 6. The minimum Gasteiger partial charge on any atom is -0.497 e. The van der Waals surface area contributed by atoms with Gasteiger partial charge in [-0.2, -0.15) is 0 Å². The number of halogens is 1. The summed E-state index contributed by atoms with van der Waals surface area (Å²) in [4.78, 5) is 0. The second-order valence-electron chi connectivity index (χ2n) is 3.58. The molecule has 0 saturated carbocycles. The zero-order valence-electron chi connectivity index (χ0n) is 10.2. The van der Waals surface area contributed by atoms with Crippen molar-refractivity contribution in [2.45, 2.75) is 18.9 Å². The Morgan fingerprint density at radius 1 is 1.29 bits per heavy atom. The second kappa shape index (κ2) is 8.17. The number of methoxy groups -OCH3 is 2. The van der Waals surface area contributed by atoms with Crippen LogP contribution >= 0.6 is 12.4 Å². The summed E-state index contributed by atoms with van der Waals surface area (Å²) >= 11 is 0. The molecule has 0 aliphatic rings. The second-order valence-corrected chi connectivity index (χ2v) is 3.58. The number of aliphatic hydroxyl groups is 1. The summed E-state index contributed by atoms with van der Waals surface area (Å²) in [6.07, 6.45) is 1.43. The third kappa shape index (κ3) is 4.42. The van der Waals surface area contributed by atoms with Crippen LogP contribution in [0, 0.1) is 0 Å². The molecule has 1 rings (SSSR count). The molecule has 0 aliphatic heterocycles. The minimum absolute atomic E-state index is 0. The van der Waals surface area contributed by atoms with Gasteiger partial charge in [0.15, 0.2) is 0 Å². The van der Waals surface area contributed by atoms with Gasteiger partial charge >= 0.3 is 0 Å². The number of nitrogens with two attached hydrogens (primary N) is 1. The third-order valence-corrected chi connectivity index (χ3v) is 2.51. The molecule has 0 saturated heterocycles. The van der Waals surface area contributed by atoms with Crippen LogP contribution < -0.4 is 15.2 Å². The number of benzene rings is 1. The van der Waals surface area contributed by atoms with Gasteiger partial charge in [0, 0.05) is 24.3 Å². The van der Waals surface area contributed by atoms with Crippen molar-refractivity contribution in [3.05, 3.63) is 23.8 Å². The van der Waals surface area contributed by atoms with Gasteiger partial charge in [-0.05, 0) is 18.9 Å². The lowest BCUT2D eigenvalue weighted by Crippen LogP contribution is -2.12. The Kier molecular flexibility index (Phi) is 7.70. The van der Waals surface area contributed by atoms with E-state index in [2.05, 4.69) is 0 Å². The van der Waals surface area contributed by atoms with E-state index in [0.29, 0.717) is 6.42 Å². The highest BCUT2D eigenvalue weighted by Gasteiger charge is 2.12. The molecule has 0 spiro atoms. The van der Waals surface area contributed by atoms with E-state index in [1.165, 1.54) is 0 Å². The van der Waals surface area contributed by atoms with Gasteiger partial charge in [-0.3, -0.25) is 0 Å². The molecule has 0 bridgehead atoms. The summed E-state index contributed by atoms with van der Waals surface area (Å²) in [5.41, 5.74) is 6.96. The van der Waals surface area contributed by atoms with Crippen molar-refractivity contribution in [2.24, 2.45) is 5.73 Å². The van der Waals surface area contributed by atoms with E-state index >= 15 is 0 Å². The lowest BCUT2D eigenvalue weighted by atomic mass is 10.0. The smallest absolute Gasteiger partial charge is 0.127 e. The van der Waals surface area contributed by atoms with Gasteiger partial charge in [0.25, 0.3) is 0 Å². The van der Waals surface area contributed by atoms with Crippen molar-refractivity contribution in [3.63, 3.8) is 0 Å². The number of ether oxygens (including phenoxy) is 2. The van der Waals surface area contributed by atoms with Gasteiger partial charge in [-0.15, -0.1) is 12.4 Å². The molecule has 0 heterocycles. The minimum atomic E-state index is -0.118. The molecular formula is C12H20ClNO3. The topological polar surface area (TPSA) is 64.7 Å². The zero-order valence-corrected chi connectivity index (χ0v) is 11.0. The highest BCUT2D eigenvalue weighted by Crippen LogP contribution is 2.30. The van der Waals surface area contributed by atoms with Crippen molar-refractivity contribution >= 4 is 12.4 Å². The third-order valence-electron chi connectivity index (χ3n) is 2.51. The van der Waals surface area contributed by atoms with Crippen molar-refractivity contribution in [1.29, 1.82) is 0 Å². The van der Waals surface area contributed by atoms with Crippen LogP contribution in [0.3, 0.4) is 0 Å². The maximum absolute atomic E-state index is 8.76. The first kappa shape index (κ1) is 16.0. The molecule has 1 aromatic rings. The van der Waals surface area contributed by atoms with Crippen molar-refractivity contribution in [1.82, 2.24) is 0 Å². The molecule has 5 heteroatoms. The summed E-state index contributed by atoms with van der Waals surface area (Å²) in [7, 11) is 3.22. The van der Waals surface area contributed by atoms with Gasteiger partial charge < -0.3 is 20.3 Å². The van der Waals surface area contributed by atoms with Crippen LogP contribution in [0.4, 0.5) is 0 Å². The molecule has 17 heavy (non-hydrogen) atoms. The van der Waals surface area contributed by atoms with E-state index in [0.717, 1.165) is 23.5 Å². The molecule has 98 valence electrons. The van der Waals surface area contributed by atoms with E-state index < -0.39 is 0 Å². The summed E-state index contributed by atoms with van der Waals surface area (Å²) in [5.74, 6) is 1.47. The van der Waals surface area contributed by atoms with Gasteiger partial charge in [0.2, 0.25) is 0 Å². The van der Waals surface area contributed by atoms with Crippen molar-refractivity contribution in [3.8, 4) is 11.5 Å². The first-order chi connectivity index (χ1) is 7.72. The monoisotopic (exact) mass is 261 g/mol. The van der Waals surface area contributed by atoms with Crippen LogP contribution in [0.25, 0.3) is 0 Å². The first-order valence-electron chi connectivity index (χ1n) is 5.31. The van der Waals surface area contributed by atoms with Gasteiger partial charge in [0.05, 0.1) is 14.2 Å². The van der Waals surface area contributed by atoms with Crippen molar-refractivity contribution in [2.75, 3.05) is 20.8 Å². The van der Waals surface area contributed by atoms with E-state index in [1.807, 2.05) is 18.2 Å². The predicted molar refractivity (Wildman–Crippen MR) is 70.0 cm³/mol. The molecule has 0 fully saturated rings. The Bertz CT molecular complexity index is 334. The Hall–Kier alpha value is -0.970. The van der Waals surface area contributed by atoms with Gasteiger partial charge in [0.1, 0.15) is 11.5 Å². The summed E-state index contributed by atoms with van der Waals surface area (Å²) < 4.78 is 10.4. The maximum Gasteiger partial charge on any atom is 0.127 e. The molecule has 0 aliphatic carbocycles. The van der Waals surface area contributed by atoms with E-state index in [9.17, 15) is 0 Å². The fraction of sp³-hybridized carbons (Fsp3) is 0.500. The van der Waals surface area contributed by atoms with Gasteiger partial charge in [-0.25, -0.2) is 0 Å². The van der Waals surface area contributed by atoms with Crippen LogP contribution in [-0.2, 0) is 0 Å². The lowest BCUT2D eigenvalue weighted by Gasteiger charge is -2.16. The molecule has 0 aromatic heterocycles. The highest BCUT2D eigenvalue weighted by molar-refractivity contribution is 5.85. The normalized spacial score (nSPS) is 11.5. The van der Waals surface area contributed by atoms with Crippen LogP contribution in [0.2, 0.25) is 0 Å². The average molecular weight is 262 g/mol. The van der Waals surface area contributed by atoms with E-state index in [1.54, 1.807) is 14.2 Å². The molecular weight excluding hydrogens is 242 g/mol. The number of hydrogen-bond acceptors (Lipinski definition) is 4. The molecule has 4 nitrogen and oxygen atoms in total. The number of hydrogen-bond donors (Lipinski definition) is 2. The Labute approximate surface area is 108 Å². The quantitative estimate of drug-likeness (QED) is 0.821. The first-order valence-corrected chi connectivity index (χ1v) is 5.31. The Balaban J connectivity index is 0.00000256. The van der Waals surface area contributed by atoms with E-state index in [4.69, 9.17) is 20.3 Å².